The fourth-order valence-corrected chi connectivity index (χ4v) is 2.02. The second-order valence-electron chi connectivity index (χ2n) is 5.10. The van der Waals surface area contributed by atoms with Gasteiger partial charge in [0.05, 0.1) is 7.11 Å². The van der Waals surface area contributed by atoms with Gasteiger partial charge in [0, 0.05) is 25.3 Å². The molecule has 112 valence electrons. The smallest absolute Gasteiger partial charge is 0.251 e. The van der Waals surface area contributed by atoms with Crippen LogP contribution in [0, 0.1) is 0 Å². The van der Waals surface area contributed by atoms with Crippen molar-refractivity contribution in [2.24, 2.45) is 0 Å². The minimum absolute atomic E-state index is 0.0409. The van der Waals surface area contributed by atoms with Crippen molar-refractivity contribution in [1.29, 1.82) is 0 Å². The molecule has 20 heavy (non-hydrogen) atoms. The first-order chi connectivity index (χ1) is 9.58. The lowest BCUT2D eigenvalue weighted by Crippen LogP contribution is -2.30. The molecule has 0 heterocycles. The molecule has 1 aromatic rings. The van der Waals surface area contributed by atoms with Crippen molar-refractivity contribution >= 4 is 5.91 Å². The van der Waals surface area contributed by atoms with E-state index in [0.717, 1.165) is 37.2 Å². The largest absolute Gasteiger partial charge is 0.496 e. The van der Waals surface area contributed by atoms with Gasteiger partial charge in [-0.25, -0.2) is 0 Å². The Labute approximate surface area is 121 Å². The lowest BCUT2D eigenvalue weighted by molar-refractivity contribution is 0.0943. The van der Waals surface area contributed by atoms with E-state index in [9.17, 15) is 4.79 Å². The number of ether oxygens (including phenoxy) is 2. The van der Waals surface area contributed by atoms with Gasteiger partial charge in [0.2, 0.25) is 0 Å². The second-order valence-corrected chi connectivity index (χ2v) is 5.10. The summed E-state index contributed by atoms with van der Waals surface area (Å²) in [6.07, 6.45) is 2.90. The summed E-state index contributed by atoms with van der Waals surface area (Å²) in [5.41, 5.74) is 1.75. The van der Waals surface area contributed by atoms with Crippen LogP contribution in [0.3, 0.4) is 0 Å². The predicted octanol–water partition coefficient (Wildman–Crippen LogP) is 2.80. The van der Waals surface area contributed by atoms with Crippen molar-refractivity contribution in [2.75, 3.05) is 20.8 Å². The molecular weight excluding hydrogens is 254 g/mol. The van der Waals surface area contributed by atoms with Crippen molar-refractivity contribution < 1.29 is 14.3 Å². The molecule has 4 heteroatoms. The number of carbonyl (C=O) groups excluding carboxylic acids is 1. The number of rotatable bonds is 8. The lowest BCUT2D eigenvalue weighted by atomic mass is 10.0. The van der Waals surface area contributed by atoms with E-state index in [2.05, 4.69) is 5.32 Å². The van der Waals surface area contributed by atoms with Crippen LogP contribution in [0.25, 0.3) is 0 Å². The lowest BCUT2D eigenvalue weighted by Gasteiger charge is -2.12. The van der Waals surface area contributed by atoms with E-state index in [-0.39, 0.29) is 11.9 Å². The molecule has 0 aromatic heterocycles. The number of nitrogens with one attached hydrogen (secondary N) is 1. The van der Waals surface area contributed by atoms with Crippen LogP contribution in [0.15, 0.2) is 18.2 Å². The average molecular weight is 279 g/mol. The maximum Gasteiger partial charge on any atom is 0.251 e. The van der Waals surface area contributed by atoms with Crippen molar-refractivity contribution in [3.05, 3.63) is 29.3 Å². The molecule has 0 atom stereocenters. The van der Waals surface area contributed by atoms with Crippen molar-refractivity contribution in [1.82, 2.24) is 5.32 Å². The van der Waals surface area contributed by atoms with E-state index in [4.69, 9.17) is 9.47 Å². The molecule has 0 bridgehead atoms. The van der Waals surface area contributed by atoms with E-state index in [1.165, 1.54) is 0 Å². The molecule has 0 saturated heterocycles. The normalized spacial score (nSPS) is 10.7. The van der Waals surface area contributed by atoms with Crippen LogP contribution in [0.2, 0.25) is 0 Å². The SMILES string of the molecule is COCCCCc1cc(C(=O)NC(C)C)ccc1OC. The molecule has 0 fully saturated rings. The Balaban J connectivity index is 2.77. The Morgan fingerprint density at radius 1 is 1.25 bits per heavy atom. The van der Waals surface area contributed by atoms with Gasteiger partial charge in [0.15, 0.2) is 0 Å². The van der Waals surface area contributed by atoms with Gasteiger partial charge in [0.25, 0.3) is 5.91 Å². The molecule has 0 aliphatic carbocycles. The highest BCUT2D eigenvalue weighted by Gasteiger charge is 2.10. The molecule has 1 aromatic carbocycles. The minimum Gasteiger partial charge on any atom is -0.496 e. The first-order valence-corrected chi connectivity index (χ1v) is 7.05. The minimum atomic E-state index is -0.0409. The van der Waals surface area contributed by atoms with E-state index in [0.29, 0.717) is 5.56 Å². The highest BCUT2D eigenvalue weighted by atomic mass is 16.5. The topological polar surface area (TPSA) is 47.6 Å². The molecule has 0 radical (unpaired) electrons. The summed E-state index contributed by atoms with van der Waals surface area (Å²) in [7, 11) is 3.36. The first-order valence-electron chi connectivity index (χ1n) is 7.05. The fourth-order valence-electron chi connectivity index (χ4n) is 2.02. The fraction of sp³-hybridized carbons (Fsp3) is 0.562. The molecule has 1 N–H and O–H groups in total. The van der Waals surface area contributed by atoms with E-state index >= 15 is 0 Å². The molecule has 0 saturated carbocycles. The zero-order valence-corrected chi connectivity index (χ0v) is 12.9. The Bertz CT molecular complexity index is 430. The molecule has 4 nitrogen and oxygen atoms in total. The Hall–Kier alpha value is -1.55. The molecule has 1 rings (SSSR count). The summed E-state index contributed by atoms with van der Waals surface area (Å²) in [5, 5.41) is 2.90. The zero-order valence-electron chi connectivity index (χ0n) is 12.9. The van der Waals surface area contributed by atoms with Gasteiger partial charge in [-0.3, -0.25) is 4.79 Å². The van der Waals surface area contributed by atoms with Crippen molar-refractivity contribution in [2.45, 2.75) is 39.2 Å². The number of hydrogen-bond acceptors (Lipinski definition) is 3. The molecular formula is C16H25NO3. The molecule has 0 aliphatic rings. The monoisotopic (exact) mass is 279 g/mol. The average Bonchev–Trinajstić information content (AvgIpc) is 2.42. The van der Waals surface area contributed by atoms with Crippen LogP contribution in [0.4, 0.5) is 0 Å². The third-order valence-corrected chi connectivity index (χ3v) is 3.01. The maximum absolute atomic E-state index is 12.0. The number of aryl methyl sites for hydroxylation is 1. The Kier molecular flexibility index (Phi) is 7.09. The van der Waals surface area contributed by atoms with E-state index < -0.39 is 0 Å². The van der Waals surface area contributed by atoms with Gasteiger partial charge in [-0.2, -0.15) is 0 Å². The molecule has 0 spiro atoms. The van der Waals surface area contributed by atoms with Crippen LogP contribution in [0.1, 0.15) is 42.6 Å². The highest BCUT2D eigenvalue weighted by Crippen LogP contribution is 2.22. The first kappa shape index (κ1) is 16.5. The number of unbranched alkanes of at least 4 members (excludes halogenated alkanes) is 1. The van der Waals surface area contributed by atoms with Gasteiger partial charge < -0.3 is 14.8 Å². The summed E-state index contributed by atoms with van der Waals surface area (Å²) in [6.45, 7) is 4.66. The van der Waals surface area contributed by atoms with Gasteiger partial charge in [0.1, 0.15) is 5.75 Å². The summed E-state index contributed by atoms with van der Waals surface area (Å²) in [5.74, 6) is 0.796. The quantitative estimate of drug-likeness (QED) is 0.744. The molecule has 0 unspecified atom stereocenters. The standard InChI is InChI=1S/C16H25NO3/c1-12(2)17-16(18)14-8-9-15(20-4)13(11-14)7-5-6-10-19-3/h8-9,11-12H,5-7,10H2,1-4H3,(H,17,18). The number of benzene rings is 1. The molecule has 0 aliphatic heterocycles. The Morgan fingerprint density at radius 3 is 2.60 bits per heavy atom. The van der Waals surface area contributed by atoms with E-state index in [1.54, 1.807) is 20.3 Å². The maximum atomic E-state index is 12.0. The summed E-state index contributed by atoms with van der Waals surface area (Å²) >= 11 is 0. The van der Waals surface area contributed by atoms with Crippen LogP contribution >= 0.6 is 0 Å². The van der Waals surface area contributed by atoms with Crippen LogP contribution < -0.4 is 10.1 Å². The van der Waals surface area contributed by atoms with Gasteiger partial charge in [-0.05, 0) is 56.9 Å². The number of methoxy groups -OCH3 is 2. The van der Waals surface area contributed by atoms with Crippen LogP contribution in [-0.4, -0.2) is 32.8 Å². The zero-order chi connectivity index (χ0) is 15.0. The van der Waals surface area contributed by atoms with Gasteiger partial charge >= 0.3 is 0 Å². The second kappa shape index (κ2) is 8.59. The summed E-state index contributed by atoms with van der Waals surface area (Å²) < 4.78 is 10.4. The third-order valence-electron chi connectivity index (χ3n) is 3.01. The van der Waals surface area contributed by atoms with Gasteiger partial charge in [-0.1, -0.05) is 0 Å². The van der Waals surface area contributed by atoms with Crippen LogP contribution in [-0.2, 0) is 11.2 Å². The third kappa shape index (κ3) is 5.21. The van der Waals surface area contributed by atoms with E-state index in [1.807, 2.05) is 26.0 Å². The summed E-state index contributed by atoms with van der Waals surface area (Å²) in [4.78, 5) is 12.0. The molecule has 1 amide bonds. The number of amides is 1. The van der Waals surface area contributed by atoms with Crippen molar-refractivity contribution in [3.8, 4) is 5.75 Å². The Morgan fingerprint density at radius 2 is 2.00 bits per heavy atom. The van der Waals surface area contributed by atoms with Crippen molar-refractivity contribution in [3.63, 3.8) is 0 Å². The van der Waals surface area contributed by atoms with Crippen LogP contribution in [0.5, 0.6) is 5.75 Å². The summed E-state index contributed by atoms with van der Waals surface area (Å²) in [6, 6.07) is 5.72. The van der Waals surface area contributed by atoms with Gasteiger partial charge in [-0.15, -0.1) is 0 Å². The highest BCUT2D eigenvalue weighted by molar-refractivity contribution is 5.94. The number of hydrogen-bond donors (Lipinski definition) is 1. The predicted molar refractivity (Wildman–Crippen MR) is 80.4 cm³/mol. The number of carbonyl (C=O) groups is 1.